The third-order valence-electron chi connectivity index (χ3n) is 5.11. The van der Waals surface area contributed by atoms with Gasteiger partial charge in [-0.25, -0.2) is 4.79 Å². The maximum atomic E-state index is 12.9. The summed E-state index contributed by atoms with van der Waals surface area (Å²) in [5.74, 6) is -0.757. The number of nitrogens with two attached hydrogens (primary N) is 1. The van der Waals surface area contributed by atoms with Gasteiger partial charge in [-0.3, -0.25) is 23.5 Å². The Morgan fingerprint density at radius 2 is 1.80 bits per heavy atom. The molecule has 1 unspecified atom stereocenters. The van der Waals surface area contributed by atoms with Gasteiger partial charge in [0, 0.05) is 12.6 Å². The second-order valence-corrected chi connectivity index (χ2v) is 7.74. The molecule has 0 aliphatic heterocycles. The van der Waals surface area contributed by atoms with Crippen molar-refractivity contribution < 1.29 is 14.5 Å². The average molecular weight is 414 g/mol. The highest BCUT2D eigenvalue weighted by atomic mass is 16.2. The standard InChI is InChI=1S/C21H27N5O4/c1-3-25-20(29)18(16(27)12-24(2)13-17(28)23-15-9-10-15)19(22)26(21(25)30)11-14-7-5-4-6-8-14/h4-8,15H,3,9-13,22H2,1-2H3,(H,23,28)/p+1. The molecule has 9 nitrogen and oxygen atoms in total. The molecular formula is C21H28N5O4+. The number of nitrogens with one attached hydrogen (secondary N) is 2. The van der Waals surface area contributed by atoms with E-state index in [9.17, 15) is 19.2 Å². The van der Waals surface area contributed by atoms with Crippen molar-refractivity contribution in [2.45, 2.75) is 38.9 Å². The van der Waals surface area contributed by atoms with Gasteiger partial charge in [0.05, 0.1) is 13.6 Å². The molecule has 1 saturated carbocycles. The zero-order chi connectivity index (χ0) is 21.8. The largest absolute Gasteiger partial charge is 0.384 e. The van der Waals surface area contributed by atoms with Crippen molar-refractivity contribution in [1.82, 2.24) is 14.5 Å². The SMILES string of the molecule is CCn1c(=O)c(C(=O)C[NH+](C)CC(=O)NC2CC2)c(N)n(Cc2ccccc2)c1=O. The Morgan fingerprint density at radius 3 is 2.40 bits per heavy atom. The molecule has 0 radical (unpaired) electrons. The van der Waals surface area contributed by atoms with Crippen molar-refractivity contribution >= 4 is 17.5 Å². The summed E-state index contributed by atoms with van der Waals surface area (Å²) in [6.45, 7) is 1.98. The molecule has 1 aliphatic rings. The van der Waals surface area contributed by atoms with E-state index in [0.717, 1.165) is 23.0 Å². The number of ketones is 1. The number of carbonyl (C=O) groups excluding carboxylic acids is 2. The minimum Gasteiger partial charge on any atom is -0.384 e. The lowest BCUT2D eigenvalue weighted by molar-refractivity contribution is -0.862. The number of anilines is 1. The first-order valence-electron chi connectivity index (χ1n) is 10.1. The molecule has 3 rings (SSSR count). The van der Waals surface area contributed by atoms with Gasteiger partial charge in [-0.2, -0.15) is 0 Å². The minimum atomic E-state index is -0.690. The third kappa shape index (κ3) is 4.85. The Balaban J connectivity index is 1.87. The number of aromatic nitrogens is 2. The lowest BCUT2D eigenvalue weighted by atomic mass is 10.1. The molecule has 1 atom stereocenters. The monoisotopic (exact) mass is 414 g/mol. The number of amides is 1. The topological polar surface area (TPSA) is 121 Å². The maximum Gasteiger partial charge on any atom is 0.332 e. The van der Waals surface area contributed by atoms with Gasteiger partial charge in [-0.1, -0.05) is 30.3 Å². The van der Waals surface area contributed by atoms with Crippen molar-refractivity contribution in [2.24, 2.45) is 0 Å². The molecular weight excluding hydrogens is 386 g/mol. The number of likely N-dealkylation sites (N-methyl/N-ethyl adjacent to an activating group) is 1. The molecule has 0 saturated heterocycles. The number of Topliss-reactive ketones (excluding diaryl/α,β-unsaturated/α-hetero) is 1. The number of hydrogen-bond donors (Lipinski definition) is 3. The van der Waals surface area contributed by atoms with Crippen LogP contribution in [-0.4, -0.2) is 47.0 Å². The lowest BCUT2D eigenvalue weighted by Gasteiger charge is -2.17. The Kier molecular flexibility index (Phi) is 6.51. The summed E-state index contributed by atoms with van der Waals surface area (Å²) in [7, 11) is 1.71. The van der Waals surface area contributed by atoms with Crippen LogP contribution in [0.15, 0.2) is 39.9 Å². The van der Waals surface area contributed by atoms with Crippen LogP contribution in [-0.2, 0) is 17.9 Å². The fraction of sp³-hybridized carbons (Fsp3) is 0.429. The van der Waals surface area contributed by atoms with Crippen LogP contribution in [0.3, 0.4) is 0 Å². The number of benzene rings is 1. The van der Waals surface area contributed by atoms with Crippen molar-refractivity contribution in [1.29, 1.82) is 0 Å². The minimum absolute atomic E-state index is 0.0786. The molecule has 4 N–H and O–H groups in total. The van der Waals surface area contributed by atoms with E-state index in [2.05, 4.69) is 5.32 Å². The van der Waals surface area contributed by atoms with Gasteiger partial charge in [-0.15, -0.1) is 0 Å². The second kappa shape index (κ2) is 9.08. The molecule has 1 aromatic carbocycles. The first-order chi connectivity index (χ1) is 14.3. The fourth-order valence-corrected chi connectivity index (χ4v) is 3.38. The summed E-state index contributed by atoms with van der Waals surface area (Å²) < 4.78 is 2.27. The number of rotatable bonds is 9. The van der Waals surface area contributed by atoms with E-state index in [4.69, 9.17) is 5.73 Å². The summed E-state index contributed by atoms with van der Waals surface area (Å²) >= 11 is 0. The highest BCUT2D eigenvalue weighted by Gasteiger charge is 2.27. The van der Waals surface area contributed by atoms with Crippen LogP contribution in [0.1, 0.15) is 35.7 Å². The van der Waals surface area contributed by atoms with Gasteiger partial charge in [0.1, 0.15) is 17.9 Å². The normalized spacial score (nSPS) is 14.3. The average Bonchev–Trinajstić information content (AvgIpc) is 3.50. The zero-order valence-corrected chi connectivity index (χ0v) is 17.3. The van der Waals surface area contributed by atoms with E-state index in [1.165, 1.54) is 4.57 Å². The molecule has 1 aliphatic carbocycles. The number of carbonyl (C=O) groups is 2. The number of nitrogen functional groups attached to an aromatic ring is 1. The predicted molar refractivity (Wildman–Crippen MR) is 113 cm³/mol. The van der Waals surface area contributed by atoms with Gasteiger partial charge in [0.2, 0.25) is 5.78 Å². The van der Waals surface area contributed by atoms with Gasteiger partial charge >= 0.3 is 5.69 Å². The molecule has 160 valence electrons. The summed E-state index contributed by atoms with van der Waals surface area (Å²) in [5.41, 5.74) is 5.53. The smallest absolute Gasteiger partial charge is 0.332 e. The van der Waals surface area contributed by atoms with E-state index in [1.54, 1.807) is 14.0 Å². The number of nitrogens with zero attached hydrogens (tertiary/aromatic N) is 2. The Bertz CT molecular complexity index is 1050. The molecule has 1 fully saturated rings. The van der Waals surface area contributed by atoms with Crippen molar-refractivity contribution in [3.05, 3.63) is 62.3 Å². The molecule has 0 spiro atoms. The second-order valence-electron chi connectivity index (χ2n) is 7.74. The van der Waals surface area contributed by atoms with E-state index in [0.29, 0.717) is 4.90 Å². The predicted octanol–water partition coefficient (Wildman–Crippen LogP) is -1.36. The molecule has 1 heterocycles. The zero-order valence-electron chi connectivity index (χ0n) is 17.3. The molecule has 9 heteroatoms. The van der Waals surface area contributed by atoms with Crippen LogP contribution < -0.4 is 27.2 Å². The summed E-state index contributed by atoms with van der Waals surface area (Å²) in [5, 5.41) is 2.88. The molecule has 1 amide bonds. The molecule has 0 bridgehead atoms. The highest BCUT2D eigenvalue weighted by molar-refractivity contribution is 6.00. The molecule has 2 aromatic rings. The van der Waals surface area contributed by atoms with Gasteiger partial charge in [0.25, 0.3) is 11.5 Å². The van der Waals surface area contributed by atoms with Gasteiger partial charge in [-0.05, 0) is 25.3 Å². The van der Waals surface area contributed by atoms with Crippen molar-refractivity contribution in [2.75, 3.05) is 25.9 Å². The summed E-state index contributed by atoms with van der Waals surface area (Å²) in [6, 6.07) is 9.45. The Hall–Kier alpha value is -3.20. The van der Waals surface area contributed by atoms with Crippen LogP contribution in [0, 0.1) is 0 Å². The van der Waals surface area contributed by atoms with E-state index >= 15 is 0 Å². The van der Waals surface area contributed by atoms with Crippen LogP contribution in [0.5, 0.6) is 0 Å². The van der Waals surface area contributed by atoms with Gasteiger partial charge < -0.3 is 16.0 Å². The fourth-order valence-electron chi connectivity index (χ4n) is 3.38. The lowest BCUT2D eigenvalue weighted by Crippen LogP contribution is -3.11. The first-order valence-corrected chi connectivity index (χ1v) is 10.1. The van der Waals surface area contributed by atoms with Crippen LogP contribution >= 0.6 is 0 Å². The van der Waals surface area contributed by atoms with Crippen LogP contribution in [0.2, 0.25) is 0 Å². The Morgan fingerprint density at radius 1 is 1.13 bits per heavy atom. The van der Waals surface area contributed by atoms with Crippen molar-refractivity contribution in [3.63, 3.8) is 0 Å². The maximum absolute atomic E-state index is 12.9. The van der Waals surface area contributed by atoms with E-state index in [1.807, 2.05) is 30.3 Å². The van der Waals surface area contributed by atoms with E-state index < -0.39 is 17.0 Å². The van der Waals surface area contributed by atoms with Crippen molar-refractivity contribution in [3.8, 4) is 0 Å². The number of hydrogen-bond acceptors (Lipinski definition) is 5. The summed E-state index contributed by atoms with van der Waals surface area (Å²) in [6.07, 6.45) is 1.97. The van der Waals surface area contributed by atoms with Gasteiger partial charge in [0.15, 0.2) is 6.54 Å². The number of quaternary nitrogens is 1. The first kappa shape index (κ1) is 21.5. The van der Waals surface area contributed by atoms with E-state index in [-0.39, 0.29) is 49.5 Å². The third-order valence-corrected chi connectivity index (χ3v) is 5.11. The Labute approximate surface area is 174 Å². The molecule has 30 heavy (non-hydrogen) atoms. The molecule has 1 aromatic heterocycles. The van der Waals surface area contributed by atoms with Crippen LogP contribution in [0.25, 0.3) is 0 Å². The van der Waals surface area contributed by atoms with Crippen LogP contribution in [0.4, 0.5) is 5.82 Å². The highest BCUT2D eigenvalue weighted by Crippen LogP contribution is 2.18. The summed E-state index contributed by atoms with van der Waals surface area (Å²) in [4.78, 5) is 51.1. The quantitative estimate of drug-likeness (QED) is 0.438.